The van der Waals surface area contributed by atoms with E-state index in [1.54, 1.807) is 12.3 Å². The third-order valence-corrected chi connectivity index (χ3v) is 2.49. The molecule has 1 heterocycles. The van der Waals surface area contributed by atoms with E-state index in [0.29, 0.717) is 24.3 Å². The summed E-state index contributed by atoms with van der Waals surface area (Å²) in [6.45, 7) is 0.112. The van der Waals surface area contributed by atoms with Gasteiger partial charge in [-0.1, -0.05) is 5.21 Å². The Hall–Kier alpha value is -1.95. The Morgan fingerprint density at radius 1 is 1.39 bits per heavy atom. The van der Waals surface area contributed by atoms with Crippen molar-refractivity contribution in [3.05, 3.63) is 35.9 Å². The van der Waals surface area contributed by atoms with Gasteiger partial charge in [-0.3, -0.25) is 0 Å². The minimum Gasteiger partial charge on any atom is -0.497 e. The molecule has 1 N–H and O–H groups in total. The molecule has 2 aromatic rings. The number of hydrogen-bond donors (Lipinski definition) is 1. The van der Waals surface area contributed by atoms with Gasteiger partial charge in [0.05, 0.1) is 24.7 Å². The van der Waals surface area contributed by atoms with Crippen molar-refractivity contribution in [1.29, 1.82) is 0 Å². The third-order valence-electron chi connectivity index (χ3n) is 2.49. The van der Waals surface area contributed by atoms with E-state index in [0.717, 1.165) is 5.69 Å². The lowest BCUT2D eigenvalue weighted by Crippen LogP contribution is -1.97. The highest BCUT2D eigenvalue weighted by molar-refractivity contribution is 5.39. The zero-order valence-corrected chi connectivity index (χ0v) is 10.0. The number of aliphatic hydroxyl groups is 1. The summed E-state index contributed by atoms with van der Waals surface area (Å²) >= 11 is 0. The molecule has 5 nitrogen and oxygen atoms in total. The fourth-order valence-corrected chi connectivity index (χ4v) is 1.60. The Bertz CT molecular complexity index is 528. The number of aryl methyl sites for hydroxylation is 1. The average Bonchev–Trinajstić information content (AvgIpc) is 2.84. The van der Waals surface area contributed by atoms with E-state index >= 15 is 0 Å². The highest BCUT2D eigenvalue weighted by Crippen LogP contribution is 2.18. The molecule has 1 aromatic carbocycles. The zero-order valence-electron chi connectivity index (χ0n) is 10.0. The number of ether oxygens (including phenoxy) is 1. The van der Waals surface area contributed by atoms with Crippen molar-refractivity contribution in [2.75, 3.05) is 13.7 Å². The number of methoxy groups -OCH3 is 1. The monoisotopic (exact) mass is 251 g/mol. The molecular weight excluding hydrogens is 237 g/mol. The van der Waals surface area contributed by atoms with Gasteiger partial charge in [0.25, 0.3) is 0 Å². The standard InChI is InChI=1S/C12H14FN3O2/c1-18-12-6-9(13)5-11(7-12)16-8-10(14-15-16)3-2-4-17/h5-8,17H,2-4H2,1H3. The smallest absolute Gasteiger partial charge is 0.129 e. The molecule has 0 aliphatic heterocycles. The van der Waals surface area contributed by atoms with Crippen molar-refractivity contribution in [2.45, 2.75) is 12.8 Å². The first-order chi connectivity index (χ1) is 8.72. The molecule has 96 valence electrons. The first kappa shape index (κ1) is 12.5. The molecule has 0 spiro atoms. The van der Waals surface area contributed by atoms with Crippen LogP contribution in [0.3, 0.4) is 0 Å². The maximum atomic E-state index is 13.3. The summed E-state index contributed by atoms with van der Waals surface area (Å²) < 4.78 is 19.8. The number of aliphatic hydroxyl groups excluding tert-OH is 1. The van der Waals surface area contributed by atoms with Crippen LogP contribution in [0.5, 0.6) is 5.75 Å². The maximum Gasteiger partial charge on any atom is 0.129 e. The maximum absolute atomic E-state index is 13.3. The molecule has 0 bridgehead atoms. The molecule has 0 aliphatic rings. The Labute approximate surface area is 104 Å². The van der Waals surface area contributed by atoms with Crippen LogP contribution in [0.15, 0.2) is 24.4 Å². The van der Waals surface area contributed by atoms with Crippen LogP contribution in [0.1, 0.15) is 12.1 Å². The molecule has 0 saturated heterocycles. The van der Waals surface area contributed by atoms with Gasteiger partial charge in [-0.25, -0.2) is 9.07 Å². The van der Waals surface area contributed by atoms with E-state index in [-0.39, 0.29) is 6.61 Å². The summed E-state index contributed by atoms with van der Waals surface area (Å²) in [5.74, 6) is 0.0363. The molecular formula is C12H14FN3O2. The largest absolute Gasteiger partial charge is 0.497 e. The summed E-state index contributed by atoms with van der Waals surface area (Å²) in [5, 5.41) is 16.6. The number of nitrogens with zero attached hydrogens (tertiary/aromatic N) is 3. The quantitative estimate of drug-likeness (QED) is 0.871. The SMILES string of the molecule is COc1cc(F)cc(-n2cc(CCCO)nn2)c1. The van der Waals surface area contributed by atoms with Gasteiger partial charge in [0.1, 0.15) is 11.6 Å². The second-order valence-electron chi connectivity index (χ2n) is 3.83. The summed E-state index contributed by atoms with van der Waals surface area (Å²) in [6.07, 6.45) is 2.98. The molecule has 18 heavy (non-hydrogen) atoms. The van der Waals surface area contributed by atoms with Gasteiger partial charge in [-0.2, -0.15) is 0 Å². The summed E-state index contributed by atoms with van der Waals surface area (Å²) in [7, 11) is 1.48. The molecule has 0 amide bonds. The van der Waals surface area contributed by atoms with Crippen molar-refractivity contribution in [2.24, 2.45) is 0 Å². The lowest BCUT2D eigenvalue weighted by Gasteiger charge is -2.04. The molecule has 0 radical (unpaired) electrons. The van der Waals surface area contributed by atoms with E-state index in [2.05, 4.69) is 10.3 Å². The Morgan fingerprint density at radius 2 is 2.22 bits per heavy atom. The van der Waals surface area contributed by atoms with Gasteiger partial charge in [0.2, 0.25) is 0 Å². The van der Waals surface area contributed by atoms with Gasteiger partial charge in [0, 0.05) is 18.7 Å². The van der Waals surface area contributed by atoms with E-state index in [1.807, 2.05) is 0 Å². The van der Waals surface area contributed by atoms with Crippen molar-refractivity contribution < 1.29 is 14.2 Å². The topological polar surface area (TPSA) is 60.2 Å². The van der Waals surface area contributed by atoms with Crippen molar-refractivity contribution in [3.63, 3.8) is 0 Å². The fraction of sp³-hybridized carbons (Fsp3) is 0.333. The highest BCUT2D eigenvalue weighted by atomic mass is 19.1. The minimum absolute atomic E-state index is 0.112. The molecule has 0 saturated carbocycles. The van der Waals surface area contributed by atoms with Crippen LogP contribution in [-0.4, -0.2) is 33.8 Å². The van der Waals surface area contributed by atoms with Crippen molar-refractivity contribution in [3.8, 4) is 11.4 Å². The molecule has 0 aliphatic carbocycles. The summed E-state index contributed by atoms with van der Waals surface area (Å²) in [6, 6.07) is 4.33. The van der Waals surface area contributed by atoms with Gasteiger partial charge < -0.3 is 9.84 Å². The second-order valence-corrected chi connectivity index (χ2v) is 3.83. The second kappa shape index (κ2) is 5.59. The van der Waals surface area contributed by atoms with Gasteiger partial charge >= 0.3 is 0 Å². The van der Waals surface area contributed by atoms with Crippen LogP contribution >= 0.6 is 0 Å². The van der Waals surface area contributed by atoms with Crippen LogP contribution in [0.4, 0.5) is 4.39 Å². The van der Waals surface area contributed by atoms with Crippen LogP contribution in [0.25, 0.3) is 5.69 Å². The predicted octanol–water partition coefficient (Wildman–Crippen LogP) is 1.34. The number of hydrogen-bond acceptors (Lipinski definition) is 4. The normalized spacial score (nSPS) is 10.6. The summed E-state index contributed by atoms with van der Waals surface area (Å²) in [5.41, 5.74) is 1.31. The average molecular weight is 251 g/mol. The Morgan fingerprint density at radius 3 is 2.94 bits per heavy atom. The van der Waals surface area contributed by atoms with E-state index in [1.165, 1.54) is 23.9 Å². The highest BCUT2D eigenvalue weighted by Gasteiger charge is 2.06. The van der Waals surface area contributed by atoms with Crippen LogP contribution in [0.2, 0.25) is 0 Å². The first-order valence-corrected chi connectivity index (χ1v) is 5.60. The summed E-state index contributed by atoms with van der Waals surface area (Å²) in [4.78, 5) is 0. The molecule has 2 rings (SSSR count). The minimum atomic E-state index is -0.392. The zero-order chi connectivity index (χ0) is 13.0. The third kappa shape index (κ3) is 2.84. The van der Waals surface area contributed by atoms with Crippen LogP contribution in [0, 0.1) is 5.82 Å². The predicted molar refractivity (Wildman–Crippen MR) is 63.3 cm³/mol. The molecule has 0 fully saturated rings. The van der Waals surface area contributed by atoms with Gasteiger partial charge in [-0.05, 0) is 18.9 Å². The molecule has 0 atom stereocenters. The Kier molecular flexibility index (Phi) is 3.88. The number of rotatable bonds is 5. The van der Waals surface area contributed by atoms with Crippen molar-refractivity contribution in [1.82, 2.24) is 15.0 Å². The number of halogens is 1. The van der Waals surface area contributed by atoms with Crippen molar-refractivity contribution >= 4 is 0 Å². The lowest BCUT2D eigenvalue weighted by atomic mass is 10.2. The molecule has 0 unspecified atom stereocenters. The Balaban J connectivity index is 2.25. The van der Waals surface area contributed by atoms with E-state index in [4.69, 9.17) is 9.84 Å². The van der Waals surface area contributed by atoms with Gasteiger partial charge in [0.15, 0.2) is 0 Å². The van der Waals surface area contributed by atoms with Crippen LogP contribution in [-0.2, 0) is 6.42 Å². The van der Waals surface area contributed by atoms with Crippen LogP contribution < -0.4 is 4.74 Å². The molecule has 6 heteroatoms. The van der Waals surface area contributed by atoms with E-state index < -0.39 is 5.82 Å². The van der Waals surface area contributed by atoms with Gasteiger partial charge in [-0.15, -0.1) is 5.10 Å². The first-order valence-electron chi connectivity index (χ1n) is 5.60. The number of benzene rings is 1. The number of aromatic nitrogens is 3. The fourth-order valence-electron chi connectivity index (χ4n) is 1.60. The molecule has 1 aromatic heterocycles. The lowest BCUT2D eigenvalue weighted by molar-refractivity contribution is 0.288. The van der Waals surface area contributed by atoms with E-state index in [9.17, 15) is 4.39 Å².